The number of nitrogens with zero attached hydrogens (tertiary/aromatic N) is 2. The normalized spacial score (nSPS) is 12.9. The van der Waals surface area contributed by atoms with E-state index in [0.29, 0.717) is 11.3 Å². The van der Waals surface area contributed by atoms with Crippen molar-refractivity contribution in [3.05, 3.63) is 59.1 Å². The van der Waals surface area contributed by atoms with Crippen molar-refractivity contribution in [1.29, 1.82) is 0 Å². The maximum Gasteiger partial charge on any atom is 0.268 e. The molecule has 0 saturated heterocycles. The molecule has 0 unspecified atom stereocenters. The second kappa shape index (κ2) is 7.74. The van der Waals surface area contributed by atoms with Crippen molar-refractivity contribution in [3.63, 3.8) is 0 Å². The number of nitrogens with two attached hydrogens (primary N) is 2. The van der Waals surface area contributed by atoms with E-state index >= 15 is 0 Å². The number of allylic oxidation sites excluding steroid dienone is 1. The van der Waals surface area contributed by atoms with E-state index in [1.165, 1.54) is 6.08 Å². The highest BCUT2D eigenvalue weighted by Crippen LogP contribution is 2.26. The molecule has 0 spiro atoms. The van der Waals surface area contributed by atoms with Gasteiger partial charge in [-0.15, -0.1) is 0 Å². The van der Waals surface area contributed by atoms with Crippen LogP contribution in [0.5, 0.6) is 5.75 Å². The van der Waals surface area contributed by atoms with Crippen molar-refractivity contribution in [1.82, 2.24) is 0 Å². The van der Waals surface area contributed by atoms with Crippen LogP contribution >= 0.6 is 0 Å². The van der Waals surface area contributed by atoms with Gasteiger partial charge in [-0.25, -0.2) is 4.99 Å². The number of phenols is 1. The molecule has 6 nitrogen and oxygen atoms in total. The van der Waals surface area contributed by atoms with E-state index in [9.17, 15) is 9.90 Å². The minimum absolute atomic E-state index is 0.112. The molecule has 0 saturated carbocycles. The van der Waals surface area contributed by atoms with Gasteiger partial charge in [-0.3, -0.25) is 9.79 Å². The minimum atomic E-state index is -0.764. The minimum Gasteiger partial charge on any atom is -0.508 e. The van der Waals surface area contributed by atoms with Gasteiger partial charge in [-0.2, -0.15) is 0 Å². The summed E-state index contributed by atoms with van der Waals surface area (Å²) in [7, 11) is 0. The summed E-state index contributed by atoms with van der Waals surface area (Å²) in [4.78, 5) is 19.2. The van der Waals surface area contributed by atoms with Crippen molar-refractivity contribution < 1.29 is 9.90 Å². The average Bonchev–Trinajstić information content (AvgIpc) is 2.53. The summed E-state index contributed by atoms with van der Waals surface area (Å²) >= 11 is 0. The van der Waals surface area contributed by atoms with E-state index < -0.39 is 5.91 Å². The van der Waals surface area contributed by atoms with Gasteiger partial charge in [0.15, 0.2) is 0 Å². The molecule has 1 aromatic rings. The number of aliphatic imine (C=N–C) groups is 2. The van der Waals surface area contributed by atoms with E-state index in [1.54, 1.807) is 25.1 Å². The number of carbonyl (C=O) groups excluding carboxylic acids is 1. The molecule has 0 fully saturated rings. The van der Waals surface area contributed by atoms with Crippen molar-refractivity contribution in [2.75, 3.05) is 0 Å². The average molecular weight is 312 g/mol. The first-order valence-corrected chi connectivity index (χ1v) is 6.76. The van der Waals surface area contributed by atoms with Crippen LogP contribution in [0.2, 0.25) is 0 Å². The van der Waals surface area contributed by atoms with E-state index in [-0.39, 0.29) is 17.2 Å². The number of benzene rings is 1. The van der Waals surface area contributed by atoms with Crippen LogP contribution in [-0.4, -0.2) is 23.4 Å². The maximum atomic E-state index is 11.2. The summed E-state index contributed by atoms with van der Waals surface area (Å²) in [6, 6.07) is 3.40. The lowest BCUT2D eigenvalue weighted by molar-refractivity contribution is -0.114. The Hall–Kier alpha value is -3.15. The van der Waals surface area contributed by atoms with Gasteiger partial charge in [0.05, 0.1) is 11.4 Å². The first-order chi connectivity index (χ1) is 10.8. The summed E-state index contributed by atoms with van der Waals surface area (Å²) in [5.41, 5.74) is 13.5. The lowest BCUT2D eigenvalue weighted by Gasteiger charge is -2.09. The van der Waals surface area contributed by atoms with E-state index in [4.69, 9.17) is 11.5 Å². The van der Waals surface area contributed by atoms with E-state index in [0.717, 1.165) is 17.3 Å². The molecule has 0 aromatic heterocycles. The molecule has 5 N–H and O–H groups in total. The number of hydrogen-bond acceptors (Lipinski definition) is 5. The van der Waals surface area contributed by atoms with Crippen LogP contribution in [0.1, 0.15) is 16.7 Å². The molecular weight excluding hydrogens is 292 g/mol. The van der Waals surface area contributed by atoms with E-state index in [1.807, 2.05) is 6.92 Å². The summed E-state index contributed by atoms with van der Waals surface area (Å²) in [6.45, 7) is 10.8. The fourth-order valence-corrected chi connectivity index (χ4v) is 1.92. The molecule has 0 aliphatic heterocycles. The monoisotopic (exact) mass is 312 g/mol. The summed E-state index contributed by atoms with van der Waals surface area (Å²) in [6.07, 6.45) is 4.13. The molecule has 0 aliphatic rings. The SMILES string of the molecule is C=CC(=N\C(=C\N)C(N)=O)/C(=C/c1c(C)ccc(O)c1C)N=C. The first-order valence-electron chi connectivity index (χ1n) is 6.76. The third kappa shape index (κ3) is 4.16. The number of rotatable bonds is 6. The van der Waals surface area contributed by atoms with Crippen LogP contribution in [0.25, 0.3) is 6.08 Å². The number of aryl methyl sites for hydroxylation is 1. The lowest BCUT2D eigenvalue weighted by atomic mass is 10.00. The fourth-order valence-electron chi connectivity index (χ4n) is 1.92. The summed E-state index contributed by atoms with van der Waals surface area (Å²) in [5.74, 6) is -0.595. The zero-order valence-corrected chi connectivity index (χ0v) is 13.2. The third-order valence-corrected chi connectivity index (χ3v) is 3.26. The van der Waals surface area contributed by atoms with Gasteiger partial charge >= 0.3 is 0 Å². The molecule has 0 heterocycles. The lowest BCUT2D eigenvalue weighted by Crippen LogP contribution is -2.15. The van der Waals surface area contributed by atoms with Crippen molar-refractivity contribution in [2.24, 2.45) is 21.5 Å². The van der Waals surface area contributed by atoms with Crippen LogP contribution in [0.15, 0.2) is 52.4 Å². The molecule has 1 aromatic carbocycles. The second-order valence-corrected chi connectivity index (χ2v) is 4.75. The van der Waals surface area contributed by atoms with Gasteiger partial charge in [0.1, 0.15) is 11.4 Å². The van der Waals surface area contributed by atoms with Crippen LogP contribution in [0, 0.1) is 13.8 Å². The van der Waals surface area contributed by atoms with Crippen molar-refractivity contribution in [3.8, 4) is 5.75 Å². The number of aromatic hydroxyl groups is 1. The van der Waals surface area contributed by atoms with Gasteiger partial charge in [0, 0.05) is 6.20 Å². The Balaban J connectivity index is 3.50. The Kier molecular flexibility index (Phi) is 6.03. The van der Waals surface area contributed by atoms with Crippen LogP contribution in [0.4, 0.5) is 0 Å². The Labute approximate surface area is 135 Å². The number of hydrogen-bond donors (Lipinski definition) is 3. The van der Waals surface area contributed by atoms with E-state index in [2.05, 4.69) is 23.3 Å². The molecule has 0 atom stereocenters. The van der Waals surface area contributed by atoms with Crippen LogP contribution in [-0.2, 0) is 4.79 Å². The van der Waals surface area contributed by atoms with Crippen LogP contribution < -0.4 is 11.5 Å². The summed E-state index contributed by atoms with van der Waals surface area (Å²) < 4.78 is 0. The highest BCUT2D eigenvalue weighted by atomic mass is 16.3. The topological polar surface area (TPSA) is 114 Å². The molecule has 1 amide bonds. The number of amides is 1. The van der Waals surface area contributed by atoms with Gasteiger partial charge in [-0.05, 0) is 55.5 Å². The Morgan fingerprint density at radius 3 is 2.43 bits per heavy atom. The molecule has 6 heteroatoms. The Bertz CT molecular complexity index is 743. The fraction of sp³-hybridized carbons (Fsp3) is 0.118. The Morgan fingerprint density at radius 1 is 1.30 bits per heavy atom. The number of phenolic OH excluding ortho intramolecular Hbond substituents is 1. The third-order valence-electron chi connectivity index (χ3n) is 3.26. The second-order valence-electron chi connectivity index (χ2n) is 4.75. The highest BCUT2D eigenvalue weighted by molar-refractivity contribution is 6.13. The molecule has 1 rings (SSSR count). The molecule has 0 radical (unpaired) electrons. The molecule has 120 valence electrons. The largest absolute Gasteiger partial charge is 0.508 e. The molecule has 0 bridgehead atoms. The Morgan fingerprint density at radius 2 is 1.96 bits per heavy atom. The van der Waals surface area contributed by atoms with Gasteiger partial charge < -0.3 is 16.6 Å². The summed E-state index contributed by atoms with van der Waals surface area (Å²) in [5, 5.41) is 9.85. The van der Waals surface area contributed by atoms with Gasteiger partial charge in [0.2, 0.25) is 0 Å². The molecule has 0 aliphatic carbocycles. The standard InChI is InChI=1S/C17H20N4O2/c1-5-13(21-15(9-18)17(19)23)14(20-4)8-12-10(2)6-7-16(22)11(12)3/h5-9,22H,1,4,18H2,2-3H3,(H2,19,23)/b14-8-,15-9+,21-13+. The predicted molar refractivity (Wildman–Crippen MR) is 94.2 cm³/mol. The molecule has 23 heavy (non-hydrogen) atoms. The van der Waals surface area contributed by atoms with Crippen LogP contribution in [0.3, 0.4) is 0 Å². The zero-order chi connectivity index (χ0) is 17.6. The smallest absolute Gasteiger partial charge is 0.268 e. The first kappa shape index (κ1) is 17.9. The predicted octanol–water partition coefficient (Wildman–Crippen LogP) is 1.96. The van der Waals surface area contributed by atoms with Crippen molar-refractivity contribution in [2.45, 2.75) is 13.8 Å². The number of primary amides is 1. The quantitative estimate of drug-likeness (QED) is 0.551. The number of carbonyl (C=O) groups is 1. The maximum absolute atomic E-state index is 11.2. The van der Waals surface area contributed by atoms with Gasteiger partial charge in [0.25, 0.3) is 5.91 Å². The molecular formula is C17H20N4O2. The van der Waals surface area contributed by atoms with Gasteiger partial charge in [-0.1, -0.05) is 12.6 Å². The van der Waals surface area contributed by atoms with Crippen molar-refractivity contribution >= 4 is 24.4 Å². The highest BCUT2D eigenvalue weighted by Gasteiger charge is 2.10. The zero-order valence-electron chi connectivity index (χ0n) is 13.2.